The number of benzene rings is 2. The zero-order valence-electron chi connectivity index (χ0n) is 11.1. The molecule has 3 N–H and O–H groups in total. The lowest BCUT2D eigenvalue weighted by molar-refractivity contribution is 0.415. The largest absolute Gasteiger partial charge is 0.497 e. The SMILES string of the molecule is COc1ccc(Nc2ccc(N)c3ncccc23)cc1. The second-order valence-electron chi connectivity index (χ2n) is 4.46. The highest BCUT2D eigenvalue weighted by Gasteiger charge is 2.05. The molecule has 0 fully saturated rings. The van der Waals surface area contributed by atoms with E-state index in [1.807, 2.05) is 48.5 Å². The van der Waals surface area contributed by atoms with E-state index in [0.29, 0.717) is 5.69 Å². The second-order valence-corrected chi connectivity index (χ2v) is 4.46. The molecule has 0 aliphatic heterocycles. The number of nitrogens with zero attached hydrogens (tertiary/aromatic N) is 1. The summed E-state index contributed by atoms with van der Waals surface area (Å²) in [5.41, 5.74) is 9.41. The van der Waals surface area contributed by atoms with Crippen LogP contribution >= 0.6 is 0 Å². The molecule has 1 heterocycles. The Hall–Kier alpha value is -2.75. The number of hydrogen-bond donors (Lipinski definition) is 2. The minimum absolute atomic E-state index is 0.681. The molecule has 4 heteroatoms. The molecular weight excluding hydrogens is 250 g/mol. The normalized spacial score (nSPS) is 10.4. The quantitative estimate of drug-likeness (QED) is 0.711. The zero-order valence-corrected chi connectivity index (χ0v) is 11.1. The molecule has 100 valence electrons. The maximum atomic E-state index is 5.95. The number of methoxy groups -OCH3 is 1. The summed E-state index contributed by atoms with van der Waals surface area (Å²) in [6.45, 7) is 0. The van der Waals surface area contributed by atoms with Gasteiger partial charge in [0, 0.05) is 23.0 Å². The third-order valence-corrected chi connectivity index (χ3v) is 3.17. The van der Waals surface area contributed by atoms with Gasteiger partial charge in [0.25, 0.3) is 0 Å². The first kappa shape index (κ1) is 12.3. The Kier molecular flexibility index (Phi) is 3.13. The van der Waals surface area contributed by atoms with Gasteiger partial charge in [-0.1, -0.05) is 0 Å². The maximum absolute atomic E-state index is 5.95. The molecule has 4 nitrogen and oxygen atoms in total. The third-order valence-electron chi connectivity index (χ3n) is 3.17. The summed E-state index contributed by atoms with van der Waals surface area (Å²) < 4.78 is 5.15. The van der Waals surface area contributed by atoms with Crippen LogP contribution in [0.1, 0.15) is 0 Å². The van der Waals surface area contributed by atoms with E-state index in [-0.39, 0.29) is 0 Å². The first-order chi connectivity index (χ1) is 9.78. The molecule has 0 saturated carbocycles. The van der Waals surface area contributed by atoms with Crippen molar-refractivity contribution in [2.24, 2.45) is 0 Å². The van der Waals surface area contributed by atoms with Crippen LogP contribution in [0.15, 0.2) is 54.7 Å². The van der Waals surface area contributed by atoms with Crippen LogP contribution in [0.2, 0.25) is 0 Å². The number of aromatic nitrogens is 1. The van der Waals surface area contributed by atoms with Crippen LogP contribution in [0.5, 0.6) is 5.75 Å². The molecule has 0 atom stereocenters. The number of nitrogen functional groups attached to an aromatic ring is 1. The topological polar surface area (TPSA) is 60.2 Å². The summed E-state index contributed by atoms with van der Waals surface area (Å²) >= 11 is 0. The molecule has 0 radical (unpaired) electrons. The highest BCUT2D eigenvalue weighted by molar-refractivity contribution is 5.99. The number of fused-ring (bicyclic) bond motifs is 1. The fraction of sp³-hybridized carbons (Fsp3) is 0.0625. The lowest BCUT2D eigenvalue weighted by atomic mass is 10.1. The van der Waals surface area contributed by atoms with Crippen LogP contribution in [0.3, 0.4) is 0 Å². The summed E-state index contributed by atoms with van der Waals surface area (Å²) in [4.78, 5) is 4.33. The van der Waals surface area contributed by atoms with E-state index in [0.717, 1.165) is 28.0 Å². The molecule has 1 aromatic heterocycles. The Labute approximate surface area is 117 Å². The molecule has 0 unspecified atom stereocenters. The molecule has 3 aromatic rings. The predicted octanol–water partition coefficient (Wildman–Crippen LogP) is 3.57. The minimum atomic E-state index is 0.681. The number of pyridine rings is 1. The molecule has 0 amide bonds. The van der Waals surface area contributed by atoms with Gasteiger partial charge >= 0.3 is 0 Å². The fourth-order valence-electron chi connectivity index (χ4n) is 2.13. The minimum Gasteiger partial charge on any atom is -0.497 e. The molecular formula is C16H15N3O. The van der Waals surface area contributed by atoms with E-state index in [1.165, 1.54) is 0 Å². The average molecular weight is 265 g/mol. The van der Waals surface area contributed by atoms with Gasteiger partial charge in [0.1, 0.15) is 5.75 Å². The van der Waals surface area contributed by atoms with Gasteiger partial charge in [0.2, 0.25) is 0 Å². The Morgan fingerprint density at radius 3 is 2.60 bits per heavy atom. The van der Waals surface area contributed by atoms with Gasteiger partial charge in [0.15, 0.2) is 0 Å². The molecule has 0 spiro atoms. The molecule has 0 bridgehead atoms. The highest BCUT2D eigenvalue weighted by Crippen LogP contribution is 2.29. The molecule has 2 aromatic carbocycles. The van der Waals surface area contributed by atoms with Gasteiger partial charge in [-0.15, -0.1) is 0 Å². The standard InChI is InChI=1S/C16H15N3O/c1-20-12-6-4-11(5-7-12)19-15-9-8-14(17)16-13(15)3-2-10-18-16/h2-10,19H,17H2,1H3. The molecule has 0 aliphatic carbocycles. The van der Waals surface area contributed by atoms with E-state index in [4.69, 9.17) is 10.5 Å². The predicted molar refractivity (Wildman–Crippen MR) is 82.4 cm³/mol. The lowest BCUT2D eigenvalue weighted by Gasteiger charge is -2.11. The van der Waals surface area contributed by atoms with Gasteiger partial charge in [-0.05, 0) is 48.5 Å². The Morgan fingerprint density at radius 2 is 1.85 bits per heavy atom. The molecule has 0 aliphatic rings. The van der Waals surface area contributed by atoms with Crippen molar-refractivity contribution in [1.29, 1.82) is 0 Å². The van der Waals surface area contributed by atoms with Gasteiger partial charge in [-0.25, -0.2) is 0 Å². The van der Waals surface area contributed by atoms with E-state index in [1.54, 1.807) is 13.3 Å². The van der Waals surface area contributed by atoms with Crippen LogP contribution in [-0.4, -0.2) is 12.1 Å². The number of anilines is 3. The van der Waals surface area contributed by atoms with Crippen molar-refractivity contribution < 1.29 is 4.74 Å². The van der Waals surface area contributed by atoms with Crippen LogP contribution in [-0.2, 0) is 0 Å². The van der Waals surface area contributed by atoms with Crippen LogP contribution in [0, 0.1) is 0 Å². The van der Waals surface area contributed by atoms with Gasteiger partial charge < -0.3 is 15.8 Å². The van der Waals surface area contributed by atoms with Gasteiger partial charge in [-0.2, -0.15) is 0 Å². The lowest BCUT2D eigenvalue weighted by Crippen LogP contribution is -1.95. The number of hydrogen-bond acceptors (Lipinski definition) is 4. The van der Waals surface area contributed by atoms with Gasteiger partial charge in [0.05, 0.1) is 18.3 Å². The van der Waals surface area contributed by atoms with Crippen molar-refractivity contribution in [3.63, 3.8) is 0 Å². The summed E-state index contributed by atoms with van der Waals surface area (Å²) in [6, 6.07) is 15.5. The summed E-state index contributed by atoms with van der Waals surface area (Å²) in [6.07, 6.45) is 1.75. The van der Waals surface area contributed by atoms with Crippen molar-refractivity contribution >= 4 is 28.0 Å². The Morgan fingerprint density at radius 1 is 1.05 bits per heavy atom. The van der Waals surface area contributed by atoms with E-state index in [9.17, 15) is 0 Å². The van der Waals surface area contributed by atoms with Crippen molar-refractivity contribution in [3.8, 4) is 5.75 Å². The number of rotatable bonds is 3. The number of nitrogens with one attached hydrogen (secondary N) is 1. The van der Waals surface area contributed by atoms with Crippen molar-refractivity contribution in [2.75, 3.05) is 18.2 Å². The van der Waals surface area contributed by atoms with Crippen molar-refractivity contribution in [1.82, 2.24) is 4.98 Å². The molecule has 0 saturated heterocycles. The van der Waals surface area contributed by atoms with Crippen LogP contribution < -0.4 is 15.8 Å². The number of nitrogens with two attached hydrogens (primary N) is 1. The Bertz CT molecular complexity index is 738. The third kappa shape index (κ3) is 2.23. The van der Waals surface area contributed by atoms with E-state index < -0.39 is 0 Å². The zero-order chi connectivity index (χ0) is 13.9. The van der Waals surface area contributed by atoms with Crippen LogP contribution in [0.4, 0.5) is 17.1 Å². The maximum Gasteiger partial charge on any atom is 0.119 e. The number of ether oxygens (including phenoxy) is 1. The van der Waals surface area contributed by atoms with E-state index >= 15 is 0 Å². The summed E-state index contributed by atoms with van der Waals surface area (Å²) in [5, 5.41) is 4.38. The molecule has 3 rings (SSSR count). The monoisotopic (exact) mass is 265 g/mol. The van der Waals surface area contributed by atoms with Crippen molar-refractivity contribution in [3.05, 3.63) is 54.7 Å². The average Bonchev–Trinajstić information content (AvgIpc) is 2.51. The first-order valence-corrected chi connectivity index (χ1v) is 6.32. The highest BCUT2D eigenvalue weighted by atomic mass is 16.5. The van der Waals surface area contributed by atoms with E-state index in [2.05, 4.69) is 10.3 Å². The molecule has 20 heavy (non-hydrogen) atoms. The van der Waals surface area contributed by atoms with Gasteiger partial charge in [-0.3, -0.25) is 4.98 Å². The van der Waals surface area contributed by atoms with Crippen molar-refractivity contribution in [2.45, 2.75) is 0 Å². The second kappa shape index (κ2) is 5.09. The smallest absolute Gasteiger partial charge is 0.119 e. The summed E-state index contributed by atoms with van der Waals surface area (Å²) in [5.74, 6) is 0.833. The fourth-order valence-corrected chi connectivity index (χ4v) is 2.13. The summed E-state index contributed by atoms with van der Waals surface area (Å²) in [7, 11) is 1.65. The Balaban J connectivity index is 2.00. The first-order valence-electron chi connectivity index (χ1n) is 6.32. The van der Waals surface area contributed by atoms with Crippen LogP contribution in [0.25, 0.3) is 10.9 Å².